The highest BCUT2D eigenvalue weighted by molar-refractivity contribution is 5.18. The molecule has 1 aromatic rings. The molecule has 16 heavy (non-hydrogen) atoms. The Labute approximate surface area is 94.7 Å². The zero-order valence-electron chi connectivity index (χ0n) is 9.20. The van der Waals surface area contributed by atoms with Gasteiger partial charge in [0, 0.05) is 11.8 Å². The van der Waals surface area contributed by atoms with Crippen LogP contribution in [0.5, 0.6) is 0 Å². The minimum absolute atomic E-state index is 0.303. The average Bonchev–Trinajstić information content (AvgIpc) is 2.30. The lowest BCUT2D eigenvalue weighted by Crippen LogP contribution is -2.26. The van der Waals surface area contributed by atoms with Crippen molar-refractivity contribution in [2.75, 3.05) is 6.61 Å². The highest BCUT2D eigenvalue weighted by Gasteiger charge is 2.28. The summed E-state index contributed by atoms with van der Waals surface area (Å²) >= 11 is 0. The van der Waals surface area contributed by atoms with Crippen LogP contribution in [0, 0.1) is 10.1 Å². The molecule has 0 saturated heterocycles. The molecule has 86 valence electrons. The zero-order chi connectivity index (χ0) is 12.0. The Kier molecular flexibility index (Phi) is 4.66. The molecule has 0 saturated carbocycles. The van der Waals surface area contributed by atoms with Crippen LogP contribution in [0.15, 0.2) is 43.0 Å². The molecular weight excluding hydrogens is 206 g/mol. The maximum absolute atomic E-state index is 10.8. The molecule has 0 amide bonds. The summed E-state index contributed by atoms with van der Waals surface area (Å²) in [6.45, 7) is 5.38. The van der Waals surface area contributed by atoms with E-state index in [1.165, 1.54) is 0 Å². The van der Waals surface area contributed by atoms with Crippen molar-refractivity contribution in [3.8, 4) is 0 Å². The first kappa shape index (κ1) is 12.4. The number of nitro groups is 1. The quantitative estimate of drug-likeness (QED) is 0.421. The van der Waals surface area contributed by atoms with Crippen molar-refractivity contribution in [1.29, 1.82) is 0 Å². The summed E-state index contributed by atoms with van der Waals surface area (Å²) in [5.41, 5.74) is 0.813. The molecule has 2 atom stereocenters. The van der Waals surface area contributed by atoms with Gasteiger partial charge in [0.2, 0.25) is 6.04 Å². The van der Waals surface area contributed by atoms with Gasteiger partial charge in [0.15, 0.2) is 0 Å². The molecule has 0 aromatic heterocycles. The number of hydrogen-bond acceptors (Lipinski definition) is 3. The van der Waals surface area contributed by atoms with Crippen molar-refractivity contribution in [3.05, 3.63) is 58.7 Å². The molecule has 4 heteroatoms. The molecule has 4 nitrogen and oxygen atoms in total. The summed E-state index contributed by atoms with van der Waals surface area (Å²) in [6, 6.07) is 8.42. The normalized spacial score (nSPS) is 14.1. The Hall–Kier alpha value is -1.68. The Balaban J connectivity index is 2.86. The van der Waals surface area contributed by atoms with E-state index in [9.17, 15) is 10.1 Å². The minimum atomic E-state index is -0.776. The van der Waals surface area contributed by atoms with E-state index < -0.39 is 12.1 Å². The van der Waals surface area contributed by atoms with Gasteiger partial charge in [-0.2, -0.15) is 0 Å². The lowest BCUT2D eigenvalue weighted by atomic mass is 10.0. The second kappa shape index (κ2) is 6.02. The van der Waals surface area contributed by atoms with Crippen LogP contribution in [0.25, 0.3) is 0 Å². The molecule has 0 unspecified atom stereocenters. The summed E-state index contributed by atoms with van der Waals surface area (Å²) in [5, 5.41) is 10.8. The molecule has 1 aromatic carbocycles. The Bertz CT molecular complexity index is 351. The van der Waals surface area contributed by atoms with Crippen molar-refractivity contribution in [3.63, 3.8) is 0 Å². The predicted molar refractivity (Wildman–Crippen MR) is 61.8 cm³/mol. The van der Waals surface area contributed by atoms with E-state index >= 15 is 0 Å². The highest BCUT2D eigenvalue weighted by atomic mass is 16.6. The van der Waals surface area contributed by atoms with Crippen LogP contribution in [-0.2, 0) is 4.74 Å². The second-order valence-electron chi connectivity index (χ2n) is 3.48. The van der Waals surface area contributed by atoms with E-state index in [0.717, 1.165) is 5.56 Å². The fourth-order valence-electron chi connectivity index (χ4n) is 1.44. The van der Waals surface area contributed by atoms with Crippen LogP contribution < -0.4 is 0 Å². The molecule has 0 spiro atoms. The lowest BCUT2D eigenvalue weighted by molar-refractivity contribution is -0.532. The molecule has 1 rings (SSSR count). The summed E-state index contributed by atoms with van der Waals surface area (Å²) in [7, 11) is 0. The molecule has 0 aliphatic carbocycles. The first-order valence-electron chi connectivity index (χ1n) is 5.07. The third-order valence-corrected chi connectivity index (χ3v) is 2.29. The molecule has 0 aliphatic heterocycles. The van der Waals surface area contributed by atoms with E-state index in [1.807, 2.05) is 30.3 Å². The van der Waals surface area contributed by atoms with Gasteiger partial charge in [0.05, 0.1) is 6.61 Å². The summed E-state index contributed by atoms with van der Waals surface area (Å²) in [6.07, 6.45) is 1.05. The van der Waals surface area contributed by atoms with Gasteiger partial charge in [-0.3, -0.25) is 10.1 Å². The van der Waals surface area contributed by atoms with Crippen LogP contribution in [-0.4, -0.2) is 17.6 Å². The minimum Gasteiger partial charge on any atom is -0.362 e. The van der Waals surface area contributed by atoms with Crippen molar-refractivity contribution in [2.24, 2.45) is 0 Å². The predicted octanol–water partition coefficient (Wildman–Crippen LogP) is 2.60. The van der Waals surface area contributed by atoms with E-state index in [1.54, 1.807) is 13.0 Å². The summed E-state index contributed by atoms with van der Waals surface area (Å²) in [5.74, 6) is 0. The fraction of sp³-hybridized carbons (Fsp3) is 0.333. The summed E-state index contributed by atoms with van der Waals surface area (Å²) in [4.78, 5) is 10.4. The van der Waals surface area contributed by atoms with E-state index in [-0.39, 0.29) is 4.92 Å². The molecule has 0 heterocycles. The standard InChI is InChI=1S/C12H15NO3/c1-3-9-16-12(10(2)13(14)15)11-7-5-4-6-8-11/h3-8,10,12H,1,9H2,2H3/t10-,12-/m0/s1. The largest absolute Gasteiger partial charge is 0.362 e. The van der Waals surface area contributed by atoms with Gasteiger partial charge in [-0.05, 0) is 5.56 Å². The lowest BCUT2D eigenvalue weighted by Gasteiger charge is -2.18. The molecule has 0 radical (unpaired) electrons. The van der Waals surface area contributed by atoms with Gasteiger partial charge in [-0.1, -0.05) is 36.4 Å². The maximum atomic E-state index is 10.8. The molecule has 0 fully saturated rings. The van der Waals surface area contributed by atoms with Crippen molar-refractivity contribution >= 4 is 0 Å². The first-order chi connectivity index (χ1) is 7.66. The van der Waals surface area contributed by atoms with Gasteiger partial charge in [0.1, 0.15) is 6.10 Å². The third-order valence-electron chi connectivity index (χ3n) is 2.29. The SMILES string of the molecule is C=CCO[C@H](c1ccccc1)[C@H](C)[N+](=O)[O-]. The molecule has 0 aliphatic rings. The average molecular weight is 221 g/mol. The van der Waals surface area contributed by atoms with Crippen LogP contribution >= 0.6 is 0 Å². The number of ether oxygens (including phenoxy) is 1. The van der Waals surface area contributed by atoms with Gasteiger partial charge in [0.25, 0.3) is 0 Å². The highest BCUT2D eigenvalue weighted by Crippen LogP contribution is 2.22. The number of hydrogen-bond donors (Lipinski definition) is 0. The second-order valence-corrected chi connectivity index (χ2v) is 3.48. The Morgan fingerprint density at radius 1 is 1.50 bits per heavy atom. The van der Waals surface area contributed by atoms with Crippen LogP contribution in [0.2, 0.25) is 0 Å². The van der Waals surface area contributed by atoms with Gasteiger partial charge >= 0.3 is 0 Å². The van der Waals surface area contributed by atoms with Gasteiger partial charge in [-0.15, -0.1) is 6.58 Å². The Morgan fingerprint density at radius 3 is 2.62 bits per heavy atom. The van der Waals surface area contributed by atoms with Crippen LogP contribution in [0.3, 0.4) is 0 Å². The topological polar surface area (TPSA) is 52.4 Å². The fourth-order valence-corrected chi connectivity index (χ4v) is 1.44. The molecular formula is C12H15NO3. The van der Waals surface area contributed by atoms with E-state index in [4.69, 9.17) is 4.74 Å². The molecule has 0 N–H and O–H groups in total. The number of benzene rings is 1. The zero-order valence-corrected chi connectivity index (χ0v) is 9.20. The smallest absolute Gasteiger partial charge is 0.240 e. The van der Waals surface area contributed by atoms with Crippen molar-refractivity contribution < 1.29 is 9.66 Å². The monoisotopic (exact) mass is 221 g/mol. The van der Waals surface area contributed by atoms with Gasteiger partial charge in [-0.25, -0.2) is 0 Å². The van der Waals surface area contributed by atoms with Crippen molar-refractivity contribution in [1.82, 2.24) is 0 Å². The van der Waals surface area contributed by atoms with Crippen LogP contribution in [0.4, 0.5) is 0 Å². The van der Waals surface area contributed by atoms with Crippen LogP contribution in [0.1, 0.15) is 18.6 Å². The maximum Gasteiger partial charge on any atom is 0.240 e. The van der Waals surface area contributed by atoms with Crippen molar-refractivity contribution in [2.45, 2.75) is 19.1 Å². The number of nitrogens with zero attached hydrogens (tertiary/aromatic N) is 1. The Morgan fingerprint density at radius 2 is 2.12 bits per heavy atom. The van der Waals surface area contributed by atoms with Gasteiger partial charge < -0.3 is 4.74 Å². The third kappa shape index (κ3) is 3.17. The number of rotatable bonds is 6. The van der Waals surface area contributed by atoms with E-state index in [2.05, 4.69) is 6.58 Å². The summed E-state index contributed by atoms with van der Waals surface area (Å²) < 4.78 is 5.44. The molecule has 0 bridgehead atoms. The van der Waals surface area contributed by atoms with E-state index in [0.29, 0.717) is 6.61 Å². The first-order valence-corrected chi connectivity index (χ1v) is 5.07.